The molecule has 0 aliphatic carbocycles. The van der Waals surface area contributed by atoms with Gasteiger partial charge in [-0.1, -0.05) is 65.1 Å². The van der Waals surface area contributed by atoms with E-state index in [4.69, 9.17) is 39.5 Å². The summed E-state index contributed by atoms with van der Waals surface area (Å²) in [4.78, 5) is 11.7. The van der Waals surface area contributed by atoms with E-state index >= 15 is 0 Å². The third kappa shape index (κ3) is 3.72. The van der Waals surface area contributed by atoms with Crippen LogP contribution in [0.4, 0.5) is 10.5 Å². The molecule has 0 saturated heterocycles. The number of amides is 1. The first-order valence-corrected chi connectivity index (χ1v) is 6.56. The minimum Gasteiger partial charge on any atom is -0.444 e. The Bertz CT molecular complexity index is 623. The van der Waals surface area contributed by atoms with Crippen molar-refractivity contribution in [2.45, 2.75) is 6.61 Å². The van der Waals surface area contributed by atoms with Crippen molar-refractivity contribution in [1.29, 1.82) is 0 Å². The molecule has 0 aliphatic heterocycles. The Kier molecular flexibility index (Phi) is 5.00. The highest BCUT2D eigenvalue weighted by atomic mass is 35.5. The highest BCUT2D eigenvalue weighted by molar-refractivity contribution is 6.45. The SMILES string of the molecule is O=C(Nc1c(Cl)nnc(Cl)c1Cl)OCc1ccccc1. The lowest BCUT2D eigenvalue weighted by Crippen LogP contribution is -2.14. The standard InChI is InChI=1S/C12H8Cl3N3O2/c13-8-9(11(15)18-17-10(8)14)16-12(19)20-6-7-4-2-1-3-5-7/h1-5H,6H2,(H,16,17,19). The molecule has 0 unspecified atom stereocenters. The number of ether oxygens (including phenoxy) is 1. The number of carbonyl (C=O) groups excluding carboxylic acids is 1. The Hall–Kier alpha value is -1.56. The quantitative estimate of drug-likeness (QED) is 0.915. The van der Waals surface area contributed by atoms with Crippen LogP contribution in [-0.4, -0.2) is 16.3 Å². The second kappa shape index (κ2) is 6.74. The molecular formula is C12H8Cl3N3O2. The van der Waals surface area contributed by atoms with Gasteiger partial charge >= 0.3 is 6.09 Å². The van der Waals surface area contributed by atoms with Crippen LogP contribution in [0.1, 0.15) is 5.56 Å². The average Bonchev–Trinajstić information content (AvgIpc) is 2.46. The van der Waals surface area contributed by atoms with Gasteiger partial charge < -0.3 is 4.74 Å². The Morgan fingerprint density at radius 3 is 2.45 bits per heavy atom. The summed E-state index contributed by atoms with van der Waals surface area (Å²) < 4.78 is 5.02. The minimum atomic E-state index is -0.721. The molecule has 104 valence electrons. The van der Waals surface area contributed by atoms with Crippen LogP contribution >= 0.6 is 34.8 Å². The molecule has 0 aliphatic rings. The Morgan fingerprint density at radius 1 is 1.10 bits per heavy atom. The van der Waals surface area contributed by atoms with Crippen LogP contribution in [0.3, 0.4) is 0 Å². The number of halogens is 3. The van der Waals surface area contributed by atoms with Crippen molar-refractivity contribution in [2.75, 3.05) is 5.32 Å². The van der Waals surface area contributed by atoms with Gasteiger partial charge in [0.05, 0.1) is 0 Å². The van der Waals surface area contributed by atoms with Crippen LogP contribution in [0.25, 0.3) is 0 Å². The van der Waals surface area contributed by atoms with Gasteiger partial charge in [0.2, 0.25) is 0 Å². The molecule has 5 nitrogen and oxygen atoms in total. The first-order valence-electron chi connectivity index (χ1n) is 5.43. The highest BCUT2D eigenvalue weighted by Gasteiger charge is 2.15. The lowest BCUT2D eigenvalue weighted by Gasteiger charge is -2.09. The van der Waals surface area contributed by atoms with Gasteiger partial charge in [-0.05, 0) is 5.56 Å². The summed E-state index contributed by atoms with van der Waals surface area (Å²) in [5.41, 5.74) is 0.914. The number of nitrogens with zero attached hydrogens (tertiary/aromatic N) is 2. The number of carbonyl (C=O) groups is 1. The van der Waals surface area contributed by atoms with Crippen molar-refractivity contribution in [2.24, 2.45) is 0 Å². The maximum Gasteiger partial charge on any atom is 0.412 e. The molecule has 0 bridgehead atoms. The average molecular weight is 333 g/mol. The summed E-state index contributed by atoms with van der Waals surface area (Å²) in [6.45, 7) is 0.119. The Morgan fingerprint density at radius 2 is 1.75 bits per heavy atom. The van der Waals surface area contributed by atoms with Gasteiger partial charge in [-0.15, -0.1) is 10.2 Å². The molecule has 1 aromatic carbocycles. The molecule has 1 heterocycles. The van der Waals surface area contributed by atoms with Crippen LogP contribution in [0, 0.1) is 0 Å². The highest BCUT2D eigenvalue weighted by Crippen LogP contribution is 2.32. The molecule has 1 N–H and O–H groups in total. The number of benzene rings is 1. The fourth-order valence-corrected chi connectivity index (χ4v) is 1.88. The third-order valence-corrected chi connectivity index (χ3v) is 3.27. The molecule has 0 fully saturated rings. The lowest BCUT2D eigenvalue weighted by atomic mass is 10.2. The number of rotatable bonds is 3. The molecule has 0 radical (unpaired) electrons. The molecule has 1 aromatic heterocycles. The van der Waals surface area contributed by atoms with E-state index in [1.54, 1.807) is 0 Å². The molecule has 0 atom stereocenters. The molecule has 20 heavy (non-hydrogen) atoms. The fraction of sp³-hybridized carbons (Fsp3) is 0.0833. The third-order valence-electron chi connectivity index (χ3n) is 2.27. The van der Waals surface area contributed by atoms with Gasteiger partial charge in [-0.3, -0.25) is 5.32 Å². The zero-order valence-electron chi connectivity index (χ0n) is 9.94. The zero-order chi connectivity index (χ0) is 14.5. The molecule has 2 rings (SSSR count). The van der Waals surface area contributed by atoms with E-state index < -0.39 is 6.09 Å². The molecule has 1 amide bonds. The normalized spacial score (nSPS) is 10.2. The maximum absolute atomic E-state index is 11.7. The zero-order valence-corrected chi connectivity index (χ0v) is 12.2. The van der Waals surface area contributed by atoms with Crippen molar-refractivity contribution in [3.05, 3.63) is 51.2 Å². The van der Waals surface area contributed by atoms with Crippen molar-refractivity contribution in [3.8, 4) is 0 Å². The monoisotopic (exact) mass is 331 g/mol. The lowest BCUT2D eigenvalue weighted by molar-refractivity contribution is 0.155. The van der Waals surface area contributed by atoms with E-state index in [1.165, 1.54) is 0 Å². The van der Waals surface area contributed by atoms with Gasteiger partial charge in [0.15, 0.2) is 10.3 Å². The van der Waals surface area contributed by atoms with Gasteiger partial charge in [0.25, 0.3) is 0 Å². The van der Waals surface area contributed by atoms with Crippen LogP contribution in [0.5, 0.6) is 0 Å². The van der Waals surface area contributed by atoms with Gasteiger partial charge in [0.1, 0.15) is 17.3 Å². The summed E-state index contributed by atoms with van der Waals surface area (Å²) in [5.74, 6) is 0. The number of hydrogen-bond acceptors (Lipinski definition) is 4. The summed E-state index contributed by atoms with van der Waals surface area (Å²) >= 11 is 17.3. The minimum absolute atomic E-state index is 0.00308. The van der Waals surface area contributed by atoms with E-state index in [-0.39, 0.29) is 27.6 Å². The largest absolute Gasteiger partial charge is 0.444 e. The van der Waals surface area contributed by atoms with E-state index in [0.29, 0.717) is 0 Å². The van der Waals surface area contributed by atoms with Gasteiger partial charge in [-0.2, -0.15) is 0 Å². The fourth-order valence-electron chi connectivity index (χ4n) is 1.34. The van der Waals surface area contributed by atoms with Gasteiger partial charge in [0, 0.05) is 0 Å². The summed E-state index contributed by atoms with van der Waals surface area (Å²) in [5, 5.41) is 9.29. The summed E-state index contributed by atoms with van der Waals surface area (Å²) in [6.07, 6.45) is -0.721. The van der Waals surface area contributed by atoms with E-state index in [2.05, 4.69) is 15.5 Å². The van der Waals surface area contributed by atoms with E-state index in [1.807, 2.05) is 30.3 Å². The second-order valence-electron chi connectivity index (χ2n) is 3.66. The van der Waals surface area contributed by atoms with Crippen molar-refractivity contribution >= 4 is 46.6 Å². The van der Waals surface area contributed by atoms with E-state index in [9.17, 15) is 4.79 Å². The number of nitrogens with one attached hydrogen (secondary N) is 1. The van der Waals surface area contributed by atoms with Gasteiger partial charge in [-0.25, -0.2) is 4.79 Å². The molecule has 8 heteroatoms. The van der Waals surface area contributed by atoms with Crippen LogP contribution < -0.4 is 5.32 Å². The summed E-state index contributed by atoms with van der Waals surface area (Å²) in [7, 11) is 0. The van der Waals surface area contributed by atoms with Crippen LogP contribution in [-0.2, 0) is 11.3 Å². The Balaban J connectivity index is 2.00. The van der Waals surface area contributed by atoms with E-state index in [0.717, 1.165) is 5.56 Å². The Labute approximate surface area is 129 Å². The summed E-state index contributed by atoms with van der Waals surface area (Å²) in [6, 6.07) is 9.22. The molecule has 0 saturated carbocycles. The topological polar surface area (TPSA) is 64.1 Å². The van der Waals surface area contributed by atoms with Crippen molar-refractivity contribution in [3.63, 3.8) is 0 Å². The number of hydrogen-bond donors (Lipinski definition) is 1. The maximum atomic E-state index is 11.7. The first kappa shape index (κ1) is 14.8. The van der Waals surface area contributed by atoms with Crippen LogP contribution in [0.15, 0.2) is 30.3 Å². The van der Waals surface area contributed by atoms with Crippen molar-refractivity contribution in [1.82, 2.24) is 10.2 Å². The van der Waals surface area contributed by atoms with Crippen LogP contribution in [0.2, 0.25) is 15.3 Å². The molecule has 0 spiro atoms. The smallest absolute Gasteiger partial charge is 0.412 e. The predicted octanol–water partition coefficient (Wildman–Crippen LogP) is 4.19. The number of aromatic nitrogens is 2. The molecule has 2 aromatic rings. The predicted molar refractivity (Wildman–Crippen MR) is 77.3 cm³/mol. The second-order valence-corrected chi connectivity index (χ2v) is 4.75. The molecular weight excluding hydrogens is 325 g/mol. The first-order chi connectivity index (χ1) is 9.58. The van der Waals surface area contributed by atoms with Crippen molar-refractivity contribution < 1.29 is 9.53 Å². The number of anilines is 1.